The Morgan fingerprint density at radius 2 is 1.89 bits per heavy atom. The summed E-state index contributed by atoms with van der Waals surface area (Å²) in [6.07, 6.45) is -1.29. The number of morpholine rings is 1. The number of nitrogens with one attached hydrogen (secondary N) is 1. The molecule has 1 atom stereocenters. The zero-order valence-corrected chi connectivity index (χ0v) is 15.7. The highest BCUT2D eigenvalue weighted by atomic mass is 32.2. The number of imide groups is 1. The van der Waals surface area contributed by atoms with E-state index in [9.17, 15) is 22.8 Å². The Morgan fingerprint density at radius 3 is 2.48 bits per heavy atom. The van der Waals surface area contributed by atoms with E-state index in [0.29, 0.717) is 18.8 Å². The highest BCUT2D eigenvalue weighted by molar-refractivity contribution is 7.89. The minimum atomic E-state index is -3.79. The molecule has 11 heteroatoms. The molecular weight excluding hydrogens is 378 g/mol. The molecule has 1 aromatic rings. The van der Waals surface area contributed by atoms with Gasteiger partial charge in [-0.3, -0.25) is 10.1 Å². The first-order chi connectivity index (χ1) is 12.6. The van der Waals surface area contributed by atoms with Crippen molar-refractivity contribution in [3.8, 4) is 0 Å². The Hall–Kier alpha value is -2.50. The van der Waals surface area contributed by atoms with Gasteiger partial charge in [-0.1, -0.05) is 6.07 Å². The second kappa shape index (κ2) is 8.46. The Balaban J connectivity index is 2.22. The van der Waals surface area contributed by atoms with Crippen LogP contribution in [0.3, 0.4) is 0 Å². The van der Waals surface area contributed by atoms with Gasteiger partial charge in [-0.2, -0.15) is 4.31 Å². The van der Waals surface area contributed by atoms with Crippen LogP contribution in [0, 0.1) is 6.92 Å². The number of esters is 1. The fraction of sp³-hybridized carbons (Fsp3) is 0.438. The summed E-state index contributed by atoms with van der Waals surface area (Å²) in [5, 5.41) is 1.80. The van der Waals surface area contributed by atoms with E-state index in [1.165, 1.54) is 29.4 Å². The number of amides is 3. The Labute approximate surface area is 156 Å². The van der Waals surface area contributed by atoms with Crippen LogP contribution >= 0.6 is 0 Å². The van der Waals surface area contributed by atoms with Crippen molar-refractivity contribution in [2.75, 3.05) is 26.3 Å². The molecule has 1 heterocycles. The van der Waals surface area contributed by atoms with Gasteiger partial charge in [-0.05, 0) is 31.5 Å². The van der Waals surface area contributed by atoms with Gasteiger partial charge in [0.2, 0.25) is 10.0 Å². The van der Waals surface area contributed by atoms with Crippen molar-refractivity contribution in [3.63, 3.8) is 0 Å². The lowest BCUT2D eigenvalue weighted by Crippen LogP contribution is -2.42. The molecule has 1 fully saturated rings. The van der Waals surface area contributed by atoms with Gasteiger partial charge in [-0.25, -0.2) is 18.0 Å². The monoisotopic (exact) mass is 399 g/mol. The third kappa shape index (κ3) is 5.02. The molecule has 1 unspecified atom stereocenters. The number of aryl methyl sites for hydroxylation is 1. The zero-order valence-electron chi connectivity index (χ0n) is 14.9. The van der Waals surface area contributed by atoms with Crippen molar-refractivity contribution in [3.05, 3.63) is 29.3 Å². The number of nitrogens with two attached hydrogens (primary N) is 1. The molecule has 1 aromatic carbocycles. The van der Waals surface area contributed by atoms with E-state index >= 15 is 0 Å². The normalized spacial score (nSPS) is 16.4. The summed E-state index contributed by atoms with van der Waals surface area (Å²) >= 11 is 0. The number of nitrogens with zero attached hydrogens (tertiary/aromatic N) is 1. The predicted octanol–water partition coefficient (Wildman–Crippen LogP) is -0.244. The van der Waals surface area contributed by atoms with Crippen LogP contribution in [0.4, 0.5) is 4.79 Å². The molecule has 1 aliphatic heterocycles. The molecule has 27 heavy (non-hydrogen) atoms. The second-order valence-electron chi connectivity index (χ2n) is 5.89. The number of hydrogen-bond acceptors (Lipinski definition) is 7. The molecule has 1 aliphatic rings. The van der Waals surface area contributed by atoms with Gasteiger partial charge in [-0.15, -0.1) is 0 Å². The molecular formula is C16H21N3O7S. The van der Waals surface area contributed by atoms with Crippen molar-refractivity contribution in [2.24, 2.45) is 5.73 Å². The third-order valence-electron chi connectivity index (χ3n) is 3.94. The lowest BCUT2D eigenvalue weighted by molar-refractivity contribution is -0.127. The van der Waals surface area contributed by atoms with E-state index in [-0.39, 0.29) is 23.5 Å². The fourth-order valence-corrected chi connectivity index (χ4v) is 3.85. The van der Waals surface area contributed by atoms with E-state index in [1.54, 1.807) is 12.2 Å². The SMILES string of the molecule is Cc1ccc(S(=O)(=O)N2CCOCC2)cc1C(=O)OC(C)C(=O)NC(N)=O. The lowest BCUT2D eigenvalue weighted by Gasteiger charge is -2.26. The molecule has 0 bridgehead atoms. The number of rotatable bonds is 5. The summed E-state index contributed by atoms with van der Waals surface area (Å²) < 4.78 is 36.9. The fourth-order valence-electron chi connectivity index (χ4n) is 2.42. The van der Waals surface area contributed by atoms with E-state index in [2.05, 4.69) is 0 Å². The average molecular weight is 399 g/mol. The van der Waals surface area contributed by atoms with Crippen LogP contribution < -0.4 is 11.1 Å². The van der Waals surface area contributed by atoms with Crippen LogP contribution in [-0.4, -0.2) is 63.0 Å². The van der Waals surface area contributed by atoms with Crippen LogP contribution in [-0.2, 0) is 24.3 Å². The van der Waals surface area contributed by atoms with Gasteiger partial charge in [0.25, 0.3) is 5.91 Å². The Bertz CT molecular complexity index is 848. The van der Waals surface area contributed by atoms with E-state index in [0.717, 1.165) is 0 Å². The van der Waals surface area contributed by atoms with Gasteiger partial charge in [0.15, 0.2) is 6.10 Å². The number of urea groups is 1. The van der Waals surface area contributed by atoms with Gasteiger partial charge < -0.3 is 15.2 Å². The summed E-state index contributed by atoms with van der Waals surface area (Å²) in [6.45, 7) is 3.91. The number of benzene rings is 1. The summed E-state index contributed by atoms with van der Waals surface area (Å²) in [7, 11) is -3.79. The highest BCUT2D eigenvalue weighted by Crippen LogP contribution is 2.21. The maximum absolute atomic E-state index is 12.7. The Morgan fingerprint density at radius 1 is 1.26 bits per heavy atom. The van der Waals surface area contributed by atoms with E-state index in [1.807, 2.05) is 0 Å². The number of ether oxygens (including phenoxy) is 2. The first-order valence-electron chi connectivity index (χ1n) is 8.12. The predicted molar refractivity (Wildman–Crippen MR) is 93.4 cm³/mol. The standard InChI is InChI=1S/C16H21N3O7S/c1-10-3-4-12(27(23,24)19-5-7-25-8-6-19)9-13(10)15(21)26-11(2)14(20)18-16(17)22/h3-4,9,11H,5-8H2,1-2H3,(H3,17,18,20,22). The minimum Gasteiger partial charge on any atom is -0.449 e. The summed E-state index contributed by atoms with van der Waals surface area (Å²) in [5.74, 6) is -1.77. The molecule has 0 aliphatic carbocycles. The second-order valence-corrected chi connectivity index (χ2v) is 7.83. The molecule has 3 N–H and O–H groups in total. The molecule has 1 saturated heterocycles. The van der Waals surface area contributed by atoms with Crippen LogP contribution in [0.2, 0.25) is 0 Å². The summed E-state index contributed by atoms with van der Waals surface area (Å²) in [5.41, 5.74) is 5.32. The number of hydrogen-bond donors (Lipinski definition) is 2. The van der Waals surface area contributed by atoms with Crippen molar-refractivity contribution in [1.82, 2.24) is 9.62 Å². The number of carbonyl (C=O) groups excluding carboxylic acids is 3. The Kier molecular flexibility index (Phi) is 6.52. The molecule has 10 nitrogen and oxygen atoms in total. The summed E-state index contributed by atoms with van der Waals surface area (Å²) in [4.78, 5) is 34.6. The lowest BCUT2D eigenvalue weighted by atomic mass is 10.1. The molecule has 3 amide bonds. The van der Waals surface area contributed by atoms with E-state index < -0.39 is 34.0 Å². The number of carbonyl (C=O) groups is 3. The maximum Gasteiger partial charge on any atom is 0.339 e. The average Bonchev–Trinajstić information content (AvgIpc) is 2.61. The van der Waals surface area contributed by atoms with Crippen molar-refractivity contribution in [2.45, 2.75) is 24.8 Å². The smallest absolute Gasteiger partial charge is 0.339 e. The molecule has 148 valence electrons. The van der Waals surface area contributed by atoms with Gasteiger partial charge in [0.1, 0.15) is 0 Å². The topological polar surface area (TPSA) is 145 Å². The highest BCUT2D eigenvalue weighted by Gasteiger charge is 2.28. The van der Waals surface area contributed by atoms with Gasteiger partial charge in [0.05, 0.1) is 23.7 Å². The third-order valence-corrected chi connectivity index (χ3v) is 5.83. The minimum absolute atomic E-state index is 0.00283. The summed E-state index contributed by atoms with van der Waals surface area (Å²) in [6, 6.07) is 3.03. The van der Waals surface area contributed by atoms with Crippen LogP contribution in [0.1, 0.15) is 22.8 Å². The maximum atomic E-state index is 12.7. The quantitative estimate of drug-likeness (QED) is 0.650. The van der Waals surface area contributed by atoms with Crippen LogP contribution in [0.5, 0.6) is 0 Å². The number of sulfonamides is 1. The first-order valence-corrected chi connectivity index (χ1v) is 9.56. The zero-order chi connectivity index (χ0) is 20.2. The van der Waals surface area contributed by atoms with Gasteiger partial charge >= 0.3 is 12.0 Å². The van der Waals surface area contributed by atoms with Crippen molar-refractivity contribution < 1.29 is 32.3 Å². The molecule has 0 aromatic heterocycles. The number of primary amides is 1. The van der Waals surface area contributed by atoms with Crippen LogP contribution in [0.15, 0.2) is 23.1 Å². The van der Waals surface area contributed by atoms with Crippen molar-refractivity contribution in [1.29, 1.82) is 0 Å². The first kappa shape index (κ1) is 20.8. The molecule has 2 rings (SSSR count). The van der Waals surface area contributed by atoms with Gasteiger partial charge in [0, 0.05) is 13.1 Å². The molecule has 0 saturated carbocycles. The van der Waals surface area contributed by atoms with Crippen LogP contribution in [0.25, 0.3) is 0 Å². The molecule has 0 radical (unpaired) electrons. The largest absolute Gasteiger partial charge is 0.449 e. The molecule has 0 spiro atoms. The van der Waals surface area contributed by atoms with Crippen molar-refractivity contribution >= 4 is 27.9 Å². The van der Waals surface area contributed by atoms with E-state index in [4.69, 9.17) is 15.2 Å².